The number of hydrogen-bond donors (Lipinski definition) is 1. The Hall–Kier alpha value is -1.57. The third-order valence-electron chi connectivity index (χ3n) is 3.29. The first kappa shape index (κ1) is 13.9. The van der Waals surface area contributed by atoms with Gasteiger partial charge in [-0.25, -0.2) is 0 Å². The second kappa shape index (κ2) is 4.84. The third-order valence-corrected chi connectivity index (χ3v) is 3.29. The van der Waals surface area contributed by atoms with Gasteiger partial charge in [-0.15, -0.1) is 0 Å². The molecule has 5 nitrogen and oxygen atoms in total. The van der Waals surface area contributed by atoms with Crippen molar-refractivity contribution in [2.24, 2.45) is 0 Å². The largest absolute Gasteiger partial charge is 0.417 e. The number of alkyl halides is 3. The normalized spacial score (nSPS) is 25.2. The maximum atomic E-state index is 12.7. The summed E-state index contributed by atoms with van der Waals surface area (Å²) >= 11 is 0. The number of halogens is 3. The van der Waals surface area contributed by atoms with Gasteiger partial charge in [0.15, 0.2) is 11.3 Å². The van der Waals surface area contributed by atoms with E-state index in [1.54, 1.807) is 0 Å². The van der Waals surface area contributed by atoms with Gasteiger partial charge in [-0.05, 0) is 12.8 Å². The van der Waals surface area contributed by atoms with Crippen LogP contribution in [0.1, 0.15) is 29.8 Å². The number of hydrogen-bond acceptors (Lipinski definition) is 4. The summed E-state index contributed by atoms with van der Waals surface area (Å²) in [7, 11) is 0. The summed E-state index contributed by atoms with van der Waals surface area (Å²) in [5.74, 6) is -0.486. The van der Waals surface area contributed by atoms with E-state index in [2.05, 4.69) is 9.68 Å². The minimum Gasteiger partial charge on any atom is -0.380 e. The Kier molecular flexibility index (Phi) is 3.53. The number of amides is 1. The van der Waals surface area contributed by atoms with Gasteiger partial charge in [0.2, 0.25) is 0 Å². The molecular formula is C11H13F3N2O3. The van der Waals surface area contributed by atoms with Crippen molar-refractivity contribution < 1.29 is 27.6 Å². The lowest BCUT2D eigenvalue weighted by Gasteiger charge is -2.29. The van der Waals surface area contributed by atoms with Crippen LogP contribution in [0.25, 0.3) is 0 Å². The molecule has 1 amide bonds. The Labute approximate surface area is 107 Å². The molecule has 0 spiro atoms. The summed E-state index contributed by atoms with van der Waals surface area (Å²) in [5, 5.41) is 13.1. The van der Waals surface area contributed by atoms with Gasteiger partial charge in [-0.2, -0.15) is 13.2 Å². The highest BCUT2D eigenvalue weighted by molar-refractivity contribution is 5.92. The highest BCUT2D eigenvalue weighted by Gasteiger charge is 2.53. The van der Waals surface area contributed by atoms with Crippen LogP contribution >= 0.6 is 0 Å². The minimum atomic E-state index is -4.68. The number of nitrogens with zero attached hydrogens (tertiary/aromatic N) is 2. The van der Waals surface area contributed by atoms with Crippen molar-refractivity contribution in [2.45, 2.75) is 31.0 Å². The summed E-state index contributed by atoms with van der Waals surface area (Å²) < 4.78 is 42.7. The van der Waals surface area contributed by atoms with Gasteiger partial charge in [-0.3, -0.25) is 4.79 Å². The molecule has 1 aromatic rings. The average Bonchev–Trinajstić information content (AvgIpc) is 2.77. The fraction of sp³-hybridized carbons (Fsp3) is 0.636. The highest BCUT2D eigenvalue weighted by atomic mass is 19.4. The van der Waals surface area contributed by atoms with Gasteiger partial charge in [-0.1, -0.05) is 5.16 Å². The molecule has 0 aliphatic carbocycles. The lowest BCUT2D eigenvalue weighted by Crippen LogP contribution is -2.46. The van der Waals surface area contributed by atoms with Crippen molar-refractivity contribution in [1.29, 1.82) is 0 Å². The van der Waals surface area contributed by atoms with Gasteiger partial charge in [0.1, 0.15) is 6.26 Å². The monoisotopic (exact) mass is 278 g/mol. The fourth-order valence-electron chi connectivity index (χ4n) is 2.09. The quantitative estimate of drug-likeness (QED) is 0.847. The van der Waals surface area contributed by atoms with Crippen LogP contribution in [-0.4, -0.2) is 45.9 Å². The molecule has 0 bridgehead atoms. The van der Waals surface area contributed by atoms with Gasteiger partial charge in [0.25, 0.3) is 5.91 Å². The molecule has 1 saturated heterocycles. The molecular weight excluding hydrogens is 265 g/mol. The number of aromatic nitrogens is 1. The standard InChI is InChI=1S/C11H13F3N2O3/c12-11(13,14)10(18)3-1-5-16(6-4-10)9(17)8-2-7-19-15-8/h2,7,18H,1,3-6H2. The van der Waals surface area contributed by atoms with Crippen molar-refractivity contribution in [3.63, 3.8) is 0 Å². The van der Waals surface area contributed by atoms with Crippen LogP contribution in [0, 0.1) is 0 Å². The molecule has 1 aliphatic heterocycles. The van der Waals surface area contributed by atoms with Gasteiger partial charge < -0.3 is 14.5 Å². The summed E-state index contributed by atoms with van der Waals surface area (Å²) in [6.45, 7) is -0.00815. The highest BCUT2D eigenvalue weighted by Crippen LogP contribution is 2.38. The van der Waals surface area contributed by atoms with E-state index in [4.69, 9.17) is 0 Å². The lowest BCUT2D eigenvalue weighted by atomic mass is 9.94. The molecule has 2 heterocycles. The zero-order valence-electron chi connectivity index (χ0n) is 9.98. The SMILES string of the molecule is O=C(c1ccon1)N1CCCC(O)(C(F)(F)F)CC1. The van der Waals surface area contributed by atoms with Crippen LogP contribution < -0.4 is 0 Å². The second-order valence-corrected chi connectivity index (χ2v) is 4.56. The van der Waals surface area contributed by atoms with Crippen LogP contribution in [0.3, 0.4) is 0 Å². The molecule has 8 heteroatoms. The molecule has 0 aromatic carbocycles. The van der Waals surface area contributed by atoms with Gasteiger partial charge in [0.05, 0.1) is 0 Å². The number of likely N-dealkylation sites (tertiary alicyclic amines) is 1. The van der Waals surface area contributed by atoms with Crippen molar-refractivity contribution in [3.8, 4) is 0 Å². The van der Waals surface area contributed by atoms with Crippen molar-refractivity contribution >= 4 is 5.91 Å². The third kappa shape index (κ3) is 2.73. The molecule has 106 valence electrons. The van der Waals surface area contributed by atoms with Gasteiger partial charge >= 0.3 is 6.18 Å². The molecule has 1 fully saturated rings. The summed E-state index contributed by atoms with van der Waals surface area (Å²) in [4.78, 5) is 13.2. The van der Waals surface area contributed by atoms with E-state index in [0.717, 1.165) is 0 Å². The second-order valence-electron chi connectivity index (χ2n) is 4.56. The minimum absolute atomic E-state index is 0.0532. The maximum absolute atomic E-state index is 12.7. The van der Waals surface area contributed by atoms with Crippen molar-refractivity contribution in [2.75, 3.05) is 13.1 Å². The topological polar surface area (TPSA) is 66.6 Å². The van der Waals surface area contributed by atoms with Gasteiger partial charge in [0, 0.05) is 25.6 Å². The summed E-state index contributed by atoms with van der Waals surface area (Å²) in [6.07, 6.45) is -4.31. The Morgan fingerprint density at radius 3 is 2.74 bits per heavy atom. The van der Waals surface area contributed by atoms with Crippen molar-refractivity contribution in [3.05, 3.63) is 18.0 Å². The zero-order chi connectivity index (χ0) is 14.1. The van der Waals surface area contributed by atoms with E-state index in [1.165, 1.54) is 17.2 Å². The number of aliphatic hydroxyl groups is 1. The first-order valence-corrected chi connectivity index (χ1v) is 5.82. The van der Waals surface area contributed by atoms with E-state index >= 15 is 0 Å². The van der Waals surface area contributed by atoms with Crippen LogP contribution in [0.2, 0.25) is 0 Å². The van der Waals surface area contributed by atoms with E-state index in [9.17, 15) is 23.1 Å². The van der Waals surface area contributed by atoms with Crippen molar-refractivity contribution in [1.82, 2.24) is 10.1 Å². The molecule has 19 heavy (non-hydrogen) atoms. The van der Waals surface area contributed by atoms with E-state index < -0.39 is 30.5 Å². The first-order valence-electron chi connectivity index (χ1n) is 5.82. The Morgan fingerprint density at radius 2 is 2.16 bits per heavy atom. The molecule has 1 atom stereocenters. The van der Waals surface area contributed by atoms with E-state index in [-0.39, 0.29) is 25.2 Å². The van der Waals surface area contributed by atoms with Crippen LogP contribution in [0.15, 0.2) is 16.9 Å². The Balaban J connectivity index is 2.07. The average molecular weight is 278 g/mol. The number of rotatable bonds is 1. The molecule has 2 rings (SSSR count). The predicted molar refractivity (Wildman–Crippen MR) is 57.3 cm³/mol. The predicted octanol–water partition coefficient (Wildman–Crippen LogP) is 1.59. The summed E-state index contributed by atoms with van der Waals surface area (Å²) in [6, 6.07) is 1.35. The van der Waals surface area contributed by atoms with Crippen LogP contribution in [-0.2, 0) is 0 Å². The zero-order valence-corrected chi connectivity index (χ0v) is 9.98. The van der Waals surface area contributed by atoms with Crippen LogP contribution in [0.5, 0.6) is 0 Å². The maximum Gasteiger partial charge on any atom is 0.417 e. The molecule has 0 radical (unpaired) electrons. The molecule has 1 aromatic heterocycles. The Bertz CT molecular complexity index is 447. The number of carbonyl (C=O) groups excluding carboxylic acids is 1. The molecule has 1 aliphatic rings. The Morgan fingerprint density at radius 1 is 1.42 bits per heavy atom. The molecule has 0 saturated carbocycles. The lowest BCUT2D eigenvalue weighted by molar-refractivity contribution is -0.263. The van der Waals surface area contributed by atoms with E-state index in [1.807, 2.05) is 0 Å². The number of carbonyl (C=O) groups is 1. The smallest absolute Gasteiger partial charge is 0.380 e. The molecule has 1 N–H and O–H groups in total. The first-order chi connectivity index (χ1) is 8.83. The van der Waals surface area contributed by atoms with Crippen LogP contribution in [0.4, 0.5) is 13.2 Å². The summed E-state index contributed by atoms with van der Waals surface area (Å²) in [5.41, 5.74) is -2.66. The molecule has 1 unspecified atom stereocenters. The van der Waals surface area contributed by atoms with E-state index in [0.29, 0.717) is 0 Å². The fourth-order valence-corrected chi connectivity index (χ4v) is 2.09.